The van der Waals surface area contributed by atoms with Gasteiger partial charge in [-0.05, 0) is 44.5 Å². The molecule has 2 N–H and O–H groups in total. The van der Waals surface area contributed by atoms with Crippen LogP contribution in [0.1, 0.15) is 31.9 Å². The van der Waals surface area contributed by atoms with Gasteiger partial charge in [0, 0.05) is 24.1 Å². The van der Waals surface area contributed by atoms with Crippen molar-refractivity contribution in [2.45, 2.75) is 32.4 Å². The highest BCUT2D eigenvalue weighted by atomic mass is 16.3. The summed E-state index contributed by atoms with van der Waals surface area (Å²) in [7, 11) is 0. The van der Waals surface area contributed by atoms with E-state index < -0.39 is 0 Å². The Morgan fingerprint density at radius 2 is 2.00 bits per heavy atom. The van der Waals surface area contributed by atoms with Crippen molar-refractivity contribution < 1.29 is 5.11 Å². The zero-order chi connectivity index (χ0) is 13.7. The maximum absolute atomic E-state index is 9.23. The summed E-state index contributed by atoms with van der Waals surface area (Å²) in [4.78, 5) is 4.04. The molecule has 2 aromatic rings. The van der Waals surface area contributed by atoms with Crippen molar-refractivity contribution in [2.24, 2.45) is 0 Å². The molecule has 2 rings (SSSR count). The Kier molecular flexibility index (Phi) is 4.71. The zero-order valence-corrected chi connectivity index (χ0v) is 11.5. The summed E-state index contributed by atoms with van der Waals surface area (Å²) in [6, 6.07) is 8.70. The second-order valence-corrected chi connectivity index (χ2v) is 4.87. The molecule has 19 heavy (non-hydrogen) atoms. The van der Waals surface area contributed by atoms with E-state index in [-0.39, 0.29) is 12.1 Å². The lowest BCUT2D eigenvalue weighted by Gasteiger charge is -2.15. The lowest BCUT2D eigenvalue weighted by molar-refractivity contribution is 0.182. The third kappa shape index (κ3) is 3.91. The predicted octanol–water partition coefficient (Wildman–Crippen LogP) is 2.29. The van der Waals surface area contributed by atoms with E-state index in [1.54, 1.807) is 12.5 Å². The maximum atomic E-state index is 9.23. The standard InChI is InChI=1S/C15H21N3O/c1-12(19)7-8-17-13(2)14-3-5-15(6-4-14)18-10-9-16-11-18/h3-6,9-13,17,19H,7-8H2,1-2H3. The average Bonchev–Trinajstić information content (AvgIpc) is 2.92. The number of nitrogens with one attached hydrogen (secondary N) is 1. The monoisotopic (exact) mass is 259 g/mol. The summed E-state index contributed by atoms with van der Waals surface area (Å²) in [5.74, 6) is 0. The molecule has 0 radical (unpaired) electrons. The maximum Gasteiger partial charge on any atom is 0.0991 e. The van der Waals surface area contributed by atoms with Crippen LogP contribution in [0.4, 0.5) is 0 Å². The van der Waals surface area contributed by atoms with Crippen molar-refractivity contribution in [1.29, 1.82) is 0 Å². The van der Waals surface area contributed by atoms with Gasteiger partial charge in [-0.2, -0.15) is 0 Å². The molecule has 0 aliphatic rings. The Morgan fingerprint density at radius 3 is 2.58 bits per heavy atom. The fraction of sp³-hybridized carbons (Fsp3) is 0.400. The highest BCUT2D eigenvalue weighted by Gasteiger charge is 2.05. The number of hydrogen-bond acceptors (Lipinski definition) is 3. The van der Waals surface area contributed by atoms with Crippen LogP contribution >= 0.6 is 0 Å². The van der Waals surface area contributed by atoms with Crippen LogP contribution in [-0.2, 0) is 0 Å². The van der Waals surface area contributed by atoms with Gasteiger partial charge in [0.25, 0.3) is 0 Å². The number of rotatable bonds is 6. The molecule has 1 aromatic heterocycles. The molecular formula is C15H21N3O. The minimum atomic E-state index is -0.247. The second kappa shape index (κ2) is 6.50. The number of nitrogens with zero attached hydrogens (tertiary/aromatic N) is 2. The molecule has 0 saturated carbocycles. The van der Waals surface area contributed by atoms with E-state index in [0.29, 0.717) is 0 Å². The highest BCUT2D eigenvalue weighted by Crippen LogP contribution is 2.15. The minimum absolute atomic E-state index is 0.247. The zero-order valence-electron chi connectivity index (χ0n) is 11.5. The summed E-state index contributed by atoms with van der Waals surface area (Å²) < 4.78 is 1.98. The third-order valence-corrected chi connectivity index (χ3v) is 3.21. The molecular weight excluding hydrogens is 238 g/mol. The molecule has 0 aliphatic carbocycles. The normalized spacial score (nSPS) is 14.3. The van der Waals surface area contributed by atoms with Gasteiger partial charge in [-0.3, -0.25) is 0 Å². The topological polar surface area (TPSA) is 50.1 Å². The molecule has 0 spiro atoms. The first-order valence-electron chi connectivity index (χ1n) is 6.66. The predicted molar refractivity (Wildman–Crippen MR) is 76.3 cm³/mol. The highest BCUT2D eigenvalue weighted by molar-refractivity contribution is 5.35. The quantitative estimate of drug-likeness (QED) is 0.837. The molecule has 0 amide bonds. The van der Waals surface area contributed by atoms with E-state index in [1.165, 1.54) is 5.56 Å². The van der Waals surface area contributed by atoms with E-state index >= 15 is 0 Å². The van der Waals surface area contributed by atoms with Crippen LogP contribution in [0.15, 0.2) is 43.0 Å². The first-order chi connectivity index (χ1) is 9.16. The van der Waals surface area contributed by atoms with Crippen LogP contribution in [0.5, 0.6) is 0 Å². The van der Waals surface area contributed by atoms with Crippen molar-refractivity contribution in [3.05, 3.63) is 48.5 Å². The van der Waals surface area contributed by atoms with Gasteiger partial charge < -0.3 is 15.0 Å². The summed E-state index contributed by atoms with van der Waals surface area (Å²) in [6.07, 6.45) is 6.02. The minimum Gasteiger partial charge on any atom is -0.393 e. The molecule has 0 bridgehead atoms. The van der Waals surface area contributed by atoms with Gasteiger partial charge in [0.1, 0.15) is 0 Å². The molecule has 4 nitrogen and oxygen atoms in total. The van der Waals surface area contributed by atoms with Gasteiger partial charge in [0.2, 0.25) is 0 Å². The molecule has 102 valence electrons. The van der Waals surface area contributed by atoms with Crippen LogP contribution in [0.2, 0.25) is 0 Å². The number of aliphatic hydroxyl groups is 1. The Hall–Kier alpha value is -1.65. The third-order valence-electron chi connectivity index (χ3n) is 3.21. The lowest BCUT2D eigenvalue weighted by Crippen LogP contribution is -2.22. The molecule has 1 aromatic carbocycles. The second-order valence-electron chi connectivity index (χ2n) is 4.87. The first-order valence-corrected chi connectivity index (χ1v) is 6.66. The van der Waals surface area contributed by atoms with Crippen molar-refractivity contribution >= 4 is 0 Å². The van der Waals surface area contributed by atoms with Crippen molar-refractivity contribution in [3.63, 3.8) is 0 Å². The smallest absolute Gasteiger partial charge is 0.0991 e. The average molecular weight is 259 g/mol. The van der Waals surface area contributed by atoms with Crippen molar-refractivity contribution in [2.75, 3.05) is 6.54 Å². The molecule has 0 fully saturated rings. The fourth-order valence-corrected chi connectivity index (χ4v) is 1.97. The Labute approximate surface area is 114 Å². The Balaban J connectivity index is 1.94. The SMILES string of the molecule is CC(O)CCNC(C)c1ccc(-n2ccnc2)cc1. The summed E-state index contributed by atoms with van der Waals surface area (Å²) in [5, 5.41) is 12.6. The summed E-state index contributed by atoms with van der Waals surface area (Å²) >= 11 is 0. The molecule has 2 unspecified atom stereocenters. The summed E-state index contributed by atoms with van der Waals surface area (Å²) in [6.45, 7) is 4.77. The van der Waals surface area contributed by atoms with Gasteiger partial charge in [-0.15, -0.1) is 0 Å². The number of hydrogen-bond donors (Lipinski definition) is 2. The van der Waals surface area contributed by atoms with Gasteiger partial charge in [0.05, 0.1) is 12.4 Å². The number of benzene rings is 1. The Morgan fingerprint density at radius 1 is 1.26 bits per heavy atom. The van der Waals surface area contributed by atoms with Crippen molar-refractivity contribution in [3.8, 4) is 5.69 Å². The first kappa shape index (κ1) is 13.8. The van der Waals surface area contributed by atoms with E-state index in [0.717, 1.165) is 18.7 Å². The molecule has 0 saturated heterocycles. The number of aliphatic hydroxyl groups excluding tert-OH is 1. The van der Waals surface area contributed by atoms with Crippen molar-refractivity contribution in [1.82, 2.24) is 14.9 Å². The van der Waals surface area contributed by atoms with Gasteiger partial charge >= 0.3 is 0 Å². The Bertz CT molecular complexity index is 477. The van der Waals surface area contributed by atoms with E-state index in [2.05, 4.69) is 41.5 Å². The summed E-state index contributed by atoms with van der Waals surface area (Å²) in [5.41, 5.74) is 2.35. The number of aromatic nitrogens is 2. The molecule has 4 heteroatoms. The van der Waals surface area contributed by atoms with Crippen LogP contribution in [0.25, 0.3) is 5.69 Å². The van der Waals surface area contributed by atoms with Gasteiger partial charge in [-0.1, -0.05) is 12.1 Å². The van der Waals surface area contributed by atoms with Crippen LogP contribution < -0.4 is 5.32 Å². The van der Waals surface area contributed by atoms with Gasteiger partial charge in [-0.25, -0.2) is 4.98 Å². The lowest BCUT2D eigenvalue weighted by atomic mass is 10.1. The van der Waals surface area contributed by atoms with E-state index in [1.807, 2.05) is 17.7 Å². The van der Waals surface area contributed by atoms with E-state index in [9.17, 15) is 5.11 Å². The largest absolute Gasteiger partial charge is 0.393 e. The fourth-order valence-electron chi connectivity index (χ4n) is 1.97. The molecule has 1 heterocycles. The van der Waals surface area contributed by atoms with E-state index in [4.69, 9.17) is 0 Å². The van der Waals surface area contributed by atoms with Gasteiger partial charge in [0.15, 0.2) is 0 Å². The number of imidazole rings is 1. The van der Waals surface area contributed by atoms with Crippen LogP contribution in [0.3, 0.4) is 0 Å². The van der Waals surface area contributed by atoms with Crippen LogP contribution in [0, 0.1) is 0 Å². The molecule has 0 aliphatic heterocycles. The molecule has 2 atom stereocenters. The van der Waals surface area contributed by atoms with Crippen LogP contribution in [-0.4, -0.2) is 27.3 Å².